The standard InChI is InChI=1S/C22H19N5O2/c28-21(13-18-11-6-10-17-9-4-5-12-19(17)18)24-25-22(29)20-15-27(26-23-20)14-16-7-2-1-3-8-16/h1-12,15H,13-14H2,(H,24,28)(H,25,29). The van der Waals surface area contributed by atoms with Crippen molar-refractivity contribution in [3.05, 3.63) is 95.8 Å². The van der Waals surface area contributed by atoms with Crippen LogP contribution in [0, 0.1) is 0 Å². The summed E-state index contributed by atoms with van der Waals surface area (Å²) in [7, 11) is 0. The molecule has 4 aromatic rings. The van der Waals surface area contributed by atoms with Gasteiger partial charge in [0.1, 0.15) is 0 Å². The molecule has 0 saturated carbocycles. The van der Waals surface area contributed by atoms with Crippen molar-refractivity contribution in [3.63, 3.8) is 0 Å². The normalized spacial score (nSPS) is 10.6. The molecule has 2 N–H and O–H groups in total. The molecule has 4 rings (SSSR count). The van der Waals surface area contributed by atoms with Gasteiger partial charge in [0.25, 0.3) is 5.91 Å². The summed E-state index contributed by atoms with van der Waals surface area (Å²) in [4.78, 5) is 24.5. The summed E-state index contributed by atoms with van der Waals surface area (Å²) in [6.45, 7) is 0.508. The van der Waals surface area contributed by atoms with Crippen molar-refractivity contribution < 1.29 is 9.59 Å². The Hall–Kier alpha value is -4.00. The van der Waals surface area contributed by atoms with Crippen LogP contribution in [0.1, 0.15) is 21.6 Å². The number of rotatable bonds is 5. The monoisotopic (exact) mass is 385 g/mol. The van der Waals surface area contributed by atoms with Crippen LogP contribution in [0.4, 0.5) is 0 Å². The molecule has 3 aromatic carbocycles. The number of hydrogen-bond acceptors (Lipinski definition) is 4. The molecule has 29 heavy (non-hydrogen) atoms. The first-order chi connectivity index (χ1) is 14.2. The number of fused-ring (bicyclic) bond motifs is 1. The van der Waals surface area contributed by atoms with Gasteiger partial charge in [0.05, 0.1) is 19.2 Å². The van der Waals surface area contributed by atoms with E-state index in [4.69, 9.17) is 0 Å². The van der Waals surface area contributed by atoms with Crippen LogP contribution in [-0.4, -0.2) is 26.8 Å². The van der Waals surface area contributed by atoms with Crippen LogP contribution >= 0.6 is 0 Å². The van der Waals surface area contributed by atoms with Crippen molar-refractivity contribution in [1.29, 1.82) is 0 Å². The number of carbonyl (C=O) groups is 2. The first kappa shape index (κ1) is 18.4. The van der Waals surface area contributed by atoms with E-state index < -0.39 is 5.91 Å². The van der Waals surface area contributed by atoms with Crippen molar-refractivity contribution in [2.24, 2.45) is 0 Å². The minimum Gasteiger partial charge on any atom is -0.273 e. The fourth-order valence-corrected chi connectivity index (χ4v) is 3.10. The van der Waals surface area contributed by atoms with Gasteiger partial charge in [-0.05, 0) is 21.9 Å². The molecule has 0 aliphatic carbocycles. The molecule has 2 amide bonds. The third-order valence-electron chi connectivity index (χ3n) is 4.51. The Morgan fingerprint density at radius 3 is 2.48 bits per heavy atom. The number of hydrazine groups is 1. The highest BCUT2D eigenvalue weighted by Gasteiger charge is 2.13. The van der Waals surface area contributed by atoms with E-state index in [2.05, 4.69) is 21.2 Å². The lowest BCUT2D eigenvalue weighted by atomic mass is 10.0. The second-order valence-corrected chi connectivity index (χ2v) is 6.60. The van der Waals surface area contributed by atoms with Gasteiger partial charge in [-0.1, -0.05) is 78.0 Å². The summed E-state index contributed by atoms with van der Waals surface area (Å²) >= 11 is 0. The zero-order valence-corrected chi connectivity index (χ0v) is 15.6. The SMILES string of the molecule is O=C(Cc1cccc2ccccc12)NNC(=O)c1cn(Cc2ccccc2)nn1. The van der Waals surface area contributed by atoms with E-state index in [9.17, 15) is 9.59 Å². The molecule has 0 aliphatic heterocycles. The largest absolute Gasteiger partial charge is 0.291 e. The molecule has 7 heteroatoms. The van der Waals surface area contributed by atoms with Gasteiger partial charge in [-0.2, -0.15) is 0 Å². The number of nitrogens with one attached hydrogen (secondary N) is 2. The molecule has 0 saturated heterocycles. The van der Waals surface area contributed by atoms with Crippen LogP contribution < -0.4 is 10.9 Å². The maximum atomic E-state index is 12.3. The Bertz CT molecular complexity index is 1150. The molecule has 0 unspecified atom stereocenters. The van der Waals surface area contributed by atoms with Gasteiger partial charge in [-0.25, -0.2) is 4.68 Å². The van der Waals surface area contributed by atoms with E-state index in [1.807, 2.05) is 72.8 Å². The highest BCUT2D eigenvalue weighted by atomic mass is 16.2. The lowest BCUT2D eigenvalue weighted by molar-refractivity contribution is -0.121. The van der Waals surface area contributed by atoms with Crippen molar-refractivity contribution in [2.75, 3.05) is 0 Å². The number of carbonyl (C=O) groups excluding carboxylic acids is 2. The fourth-order valence-electron chi connectivity index (χ4n) is 3.10. The van der Waals surface area contributed by atoms with Crippen molar-refractivity contribution >= 4 is 22.6 Å². The molecule has 0 bridgehead atoms. The highest BCUT2D eigenvalue weighted by molar-refractivity contribution is 5.94. The fraction of sp³-hybridized carbons (Fsp3) is 0.0909. The smallest absolute Gasteiger partial charge is 0.273 e. The molecule has 0 atom stereocenters. The zero-order chi connectivity index (χ0) is 20.1. The quantitative estimate of drug-likeness (QED) is 0.517. The number of aromatic nitrogens is 3. The Kier molecular flexibility index (Phi) is 5.29. The van der Waals surface area contributed by atoms with E-state index in [0.29, 0.717) is 6.54 Å². The molecular formula is C22H19N5O2. The van der Waals surface area contributed by atoms with Crippen molar-refractivity contribution in [1.82, 2.24) is 25.8 Å². The molecular weight excluding hydrogens is 366 g/mol. The maximum absolute atomic E-state index is 12.3. The van der Waals surface area contributed by atoms with E-state index in [1.165, 1.54) is 0 Å². The molecule has 7 nitrogen and oxygen atoms in total. The van der Waals surface area contributed by atoms with Gasteiger partial charge in [-0.3, -0.25) is 20.4 Å². The van der Waals surface area contributed by atoms with Crippen LogP contribution in [0.25, 0.3) is 10.8 Å². The average Bonchev–Trinajstić information content (AvgIpc) is 3.22. The summed E-state index contributed by atoms with van der Waals surface area (Å²) in [5.74, 6) is -0.832. The van der Waals surface area contributed by atoms with Gasteiger partial charge in [0.2, 0.25) is 5.91 Å². The third kappa shape index (κ3) is 4.47. The molecule has 1 aromatic heterocycles. The van der Waals surface area contributed by atoms with Crippen molar-refractivity contribution in [3.8, 4) is 0 Å². The zero-order valence-electron chi connectivity index (χ0n) is 15.6. The van der Waals surface area contributed by atoms with E-state index in [1.54, 1.807) is 10.9 Å². The Morgan fingerprint density at radius 2 is 1.62 bits per heavy atom. The van der Waals surface area contributed by atoms with Crippen LogP contribution in [0.5, 0.6) is 0 Å². The second kappa shape index (κ2) is 8.35. The first-order valence-electron chi connectivity index (χ1n) is 9.19. The second-order valence-electron chi connectivity index (χ2n) is 6.60. The lowest BCUT2D eigenvalue weighted by Gasteiger charge is -2.08. The predicted octanol–water partition coefficient (Wildman–Crippen LogP) is 2.48. The Balaban J connectivity index is 1.34. The molecule has 144 valence electrons. The minimum atomic E-state index is -0.518. The summed E-state index contributed by atoms with van der Waals surface area (Å²) in [5.41, 5.74) is 6.90. The summed E-state index contributed by atoms with van der Waals surface area (Å²) in [6, 6.07) is 23.4. The van der Waals surface area contributed by atoms with E-state index in [0.717, 1.165) is 21.9 Å². The lowest BCUT2D eigenvalue weighted by Crippen LogP contribution is -2.42. The average molecular weight is 385 g/mol. The van der Waals surface area contributed by atoms with Crippen LogP contribution in [0.2, 0.25) is 0 Å². The van der Waals surface area contributed by atoms with Gasteiger partial charge in [0.15, 0.2) is 5.69 Å². The topological polar surface area (TPSA) is 88.9 Å². The molecule has 0 radical (unpaired) electrons. The minimum absolute atomic E-state index is 0.131. The van der Waals surface area contributed by atoms with Crippen LogP contribution in [0.15, 0.2) is 79.0 Å². The van der Waals surface area contributed by atoms with Crippen LogP contribution in [0.3, 0.4) is 0 Å². The summed E-state index contributed by atoms with van der Waals surface area (Å²) in [6.07, 6.45) is 1.70. The molecule has 0 aliphatic rings. The van der Waals surface area contributed by atoms with Crippen LogP contribution in [-0.2, 0) is 17.8 Å². The Morgan fingerprint density at radius 1 is 0.862 bits per heavy atom. The molecule has 0 spiro atoms. The van der Waals surface area contributed by atoms with Gasteiger partial charge < -0.3 is 0 Å². The highest BCUT2D eigenvalue weighted by Crippen LogP contribution is 2.18. The van der Waals surface area contributed by atoms with E-state index >= 15 is 0 Å². The molecule has 0 fully saturated rings. The number of benzene rings is 3. The maximum Gasteiger partial charge on any atom is 0.291 e. The van der Waals surface area contributed by atoms with E-state index in [-0.39, 0.29) is 18.0 Å². The summed E-state index contributed by atoms with van der Waals surface area (Å²) < 4.78 is 1.57. The number of amides is 2. The Labute approximate surface area is 167 Å². The van der Waals surface area contributed by atoms with Gasteiger partial charge >= 0.3 is 0 Å². The summed E-state index contributed by atoms with van der Waals surface area (Å²) in [5, 5.41) is 9.90. The predicted molar refractivity (Wildman–Crippen MR) is 109 cm³/mol. The molecule has 1 heterocycles. The van der Waals surface area contributed by atoms with Gasteiger partial charge in [-0.15, -0.1) is 5.10 Å². The van der Waals surface area contributed by atoms with Gasteiger partial charge in [0, 0.05) is 0 Å². The van der Waals surface area contributed by atoms with Crippen molar-refractivity contribution in [2.45, 2.75) is 13.0 Å². The number of hydrogen-bond donors (Lipinski definition) is 2. The number of nitrogens with zero attached hydrogens (tertiary/aromatic N) is 3. The first-order valence-corrected chi connectivity index (χ1v) is 9.19. The third-order valence-corrected chi connectivity index (χ3v) is 4.51.